The van der Waals surface area contributed by atoms with E-state index in [1.807, 2.05) is 0 Å². The molecule has 0 aliphatic carbocycles. The first-order valence-electron chi connectivity index (χ1n) is 6.26. The first kappa shape index (κ1) is 14.0. The summed E-state index contributed by atoms with van der Waals surface area (Å²) in [6.45, 7) is 4.28. The summed E-state index contributed by atoms with van der Waals surface area (Å²) in [5.41, 5.74) is 4.23. The average Bonchev–Trinajstić information content (AvgIpc) is 2.27. The van der Waals surface area contributed by atoms with Crippen LogP contribution in [-0.4, -0.2) is 29.9 Å². The van der Waals surface area contributed by atoms with Gasteiger partial charge in [0.1, 0.15) is 5.54 Å². The lowest BCUT2D eigenvalue weighted by molar-refractivity contribution is -0.130. The van der Waals surface area contributed by atoms with Crippen molar-refractivity contribution in [3.8, 4) is 0 Å². The van der Waals surface area contributed by atoms with E-state index < -0.39 is 11.4 Å². The monoisotopic (exact) mass is 241 g/mol. The highest BCUT2D eigenvalue weighted by Gasteiger charge is 2.26. The van der Waals surface area contributed by atoms with E-state index in [2.05, 4.69) is 10.6 Å². The van der Waals surface area contributed by atoms with Gasteiger partial charge in [0.05, 0.1) is 0 Å². The van der Waals surface area contributed by atoms with Gasteiger partial charge < -0.3 is 16.4 Å². The number of amides is 2. The summed E-state index contributed by atoms with van der Waals surface area (Å²) in [6, 6.07) is 0.436. The maximum Gasteiger partial charge on any atom is 0.242 e. The van der Waals surface area contributed by atoms with Crippen LogP contribution in [0.1, 0.15) is 46.0 Å². The number of rotatable bonds is 5. The second-order valence-electron chi connectivity index (χ2n) is 5.22. The molecule has 17 heavy (non-hydrogen) atoms. The molecule has 1 atom stereocenters. The minimum Gasteiger partial charge on any atom is -0.368 e. The third-order valence-electron chi connectivity index (χ3n) is 3.20. The summed E-state index contributed by atoms with van der Waals surface area (Å²) in [7, 11) is 0. The van der Waals surface area contributed by atoms with E-state index >= 15 is 0 Å². The Morgan fingerprint density at radius 2 is 2.12 bits per heavy atom. The Bertz CT molecular complexity index is 283. The molecule has 0 saturated carbocycles. The van der Waals surface area contributed by atoms with Crippen LogP contribution < -0.4 is 16.4 Å². The lowest BCUT2D eigenvalue weighted by Gasteiger charge is -2.25. The minimum atomic E-state index is -0.961. The predicted molar refractivity (Wildman–Crippen MR) is 66.3 cm³/mol. The van der Waals surface area contributed by atoms with Gasteiger partial charge in [0.15, 0.2) is 0 Å². The summed E-state index contributed by atoms with van der Waals surface area (Å²) >= 11 is 0. The molecule has 0 spiro atoms. The van der Waals surface area contributed by atoms with E-state index in [9.17, 15) is 9.59 Å². The lowest BCUT2D eigenvalue weighted by atomic mass is 9.99. The number of nitrogens with two attached hydrogens (primary N) is 1. The zero-order chi connectivity index (χ0) is 12.9. The molecule has 5 heteroatoms. The fraction of sp³-hybridized carbons (Fsp3) is 0.833. The molecule has 5 nitrogen and oxygen atoms in total. The van der Waals surface area contributed by atoms with Crippen LogP contribution in [0.4, 0.5) is 0 Å². The van der Waals surface area contributed by atoms with Crippen molar-refractivity contribution in [1.82, 2.24) is 10.6 Å². The number of hydrogen-bond acceptors (Lipinski definition) is 3. The van der Waals surface area contributed by atoms with Crippen LogP contribution in [0.2, 0.25) is 0 Å². The van der Waals surface area contributed by atoms with Gasteiger partial charge in [-0.2, -0.15) is 0 Å². The van der Waals surface area contributed by atoms with Gasteiger partial charge in [-0.15, -0.1) is 0 Å². The average molecular weight is 241 g/mol. The van der Waals surface area contributed by atoms with Gasteiger partial charge in [0, 0.05) is 12.5 Å². The van der Waals surface area contributed by atoms with E-state index in [0.717, 1.165) is 19.4 Å². The van der Waals surface area contributed by atoms with Crippen molar-refractivity contribution in [3.63, 3.8) is 0 Å². The standard InChI is InChI=1S/C12H23N3O2/c1-12(2,11(13)17)15-10(16)7-6-9-5-3-4-8-14-9/h9,14H,3-8H2,1-2H3,(H2,13,17)(H,15,16). The molecule has 1 aliphatic heterocycles. The normalized spacial score (nSPS) is 20.9. The molecule has 4 N–H and O–H groups in total. The summed E-state index contributed by atoms with van der Waals surface area (Å²) in [6.07, 6.45) is 4.84. The molecule has 98 valence electrons. The van der Waals surface area contributed by atoms with Crippen molar-refractivity contribution in [2.75, 3.05) is 6.54 Å². The van der Waals surface area contributed by atoms with E-state index in [1.54, 1.807) is 13.8 Å². The predicted octanol–water partition coefficient (Wildman–Crippen LogP) is 0.289. The summed E-state index contributed by atoms with van der Waals surface area (Å²) < 4.78 is 0. The fourth-order valence-corrected chi connectivity index (χ4v) is 1.95. The number of piperidine rings is 1. The Morgan fingerprint density at radius 3 is 2.65 bits per heavy atom. The topological polar surface area (TPSA) is 84.2 Å². The summed E-state index contributed by atoms with van der Waals surface area (Å²) in [5, 5.41) is 6.04. The first-order valence-corrected chi connectivity index (χ1v) is 6.26. The quantitative estimate of drug-likeness (QED) is 0.647. The molecule has 0 aromatic rings. The van der Waals surface area contributed by atoms with Crippen LogP contribution in [0.15, 0.2) is 0 Å². The largest absolute Gasteiger partial charge is 0.368 e. The summed E-state index contributed by atoms with van der Waals surface area (Å²) in [5.74, 6) is -0.622. The zero-order valence-corrected chi connectivity index (χ0v) is 10.7. The highest BCUT2D eigenvalue weighted by Crippen LogP contribution is 2.12. The van der Waals surface area contributed by atoms with E-state index in [1.165, 1.54) is 12.8 Å². The molecule has 1 saturated heterocycles. The van der Waals surface area contributed by atoms with E-state index in [4.69, 9.17) is 5.73 Å². The number of carbonyl (C=O) groups excluding carboxylic acids is 2. The van der Waals surface area contributed by atoms with Crippen molar-refractivity contribution in [2.45, 2.75) is 57.5 Å². The van der Waals surface area contributed by atoms with E-state index in [0.29, 0.717) is 12.5 Å². The van der Waals surface area contributed by atoms with Gasteiger partial charge in [-0.3, -0.25) is 9.59 Å². The van der Waals surface area contributed by atoms with Gasteiger partial charge in [-0.1, -0.05) is 6.42 Å². The van der Waals surface area contributed by atoms with Crippen molar-refractivity contribution in [3.05, 3.63) is 0 Å². The summed E-state index contributed by atoms with van der Waals surface area (Å²) in [4.78, 5) is 22.7. The lowest BCUT2D eigenvalue weighted by Crippen LogP contribution is -2.53. The highest BCUT2D eigenvalue weighted by molar-refractivity contribution is 5.89. The molecular weight excluding hydrogens is 218 g/mol. The molecule has 1 heterocycles. The van der Waals surface area contributed by atoms with Crippen LogP contribution in [0.5, 0.6) is 0 Å². The molecule has 0 aromatic heterocycles. The molecule has 1 fully saturated rings. The van der Waals surface area contributed by atoms with Gasteiger partial charge in [0.25, 0.3) is 0 Å². The Balaban J connectivity index is 2.27. The second-order valence-corrected chi connectivity index (χ2v) is 5.22. The van der Waals surface area contributed by atoms with Crippen LogP contribution in [0.25, 0.3) is 0 Å². The van der Waals surface area contributed by atoms with Crippen molar-refractivity contribution in [1.29, 1.82) is 0 Å². The third-order valence-corrected chi connectivity index (χ3v) is 3.20. The van der Waals surface area contributed by atoms with Gasteiger partial charge >= 0.3 is 0 Å². The van der Waals surface area contributed by atoms with Gasteiger partial charge in [-0.05, 0) is 39.7 Å². The smallest absolute Gasteiger partial charge is 0.242 e. The maximum atomic E-state index is 11.7. The molecular formula is C12H23N3O2. The molecule has 0 bridgehead atoms. The van der Waals surface area contributed by atoms with Crippen LogP contribution in [-0.2, 0) is 9.59 Å². The van der Waals surface area contributed by atoms with Gasteiger partial charge in [-0.25, -0.2) is 0 Å². The van der Waals surface area contributed by atoms with Crippen LogP contribution in [0, 0.1) is 0 Å². The zero-order valence-electron chi connectivity index (χ0n) is 10.7. The molecule has 2 amide bonds. The number of primary amides is 1. The fourth-order valence-electron chi connectivity index (χ4n) is 1.95. The Hall–Kier alpha value is -1.10. The molecule has 1 rings (SSSR count). The molecule has 0 aromatic carbocycles. The second kappa shape index (κ2) is 6.00. The van der Waals surface area contributed by atoms with Crippen LogP contribution >= 0.6 is 0 Å². The van der Waals surface area contributed by atoms with Crippen molar-refractivity contribution >= 4 is 11.8 Å². The molecule has 0 radical (unpaired) electrons. The number of carbonyl (C=O) groups is 2. The Kier molecular flexibility index (Phi) is 4.93. The van der Waals surface area contributed by atoms with Crippen molar-refractivity contribution < 1.29 is 9.59 Å². The Morgan fingerprint density at radius 1 is 1.41 bits per heavy atom. The maximum absolute atomic E-state index is 11.7. The molecule has 1 unspecified atom stereocenters. The van der Waals surface area contributed by atoms with E-state index in [-0.39, 0.29) is 5.91 Å². The number of nitrogens with one attached hydrogen (secondary N) is 2. The molecule has 1 aliphatic rings. The number of hydrogen-bond donors (Lipinski definition) is 3. The van der Waals surface area contributed by atoms with Crippen LogP contribution in [0.3, 0.4) is 0 Å². The highest BCUT2D eigenvalue weighted by atomic mass is 16.2. The Labute approximate surface area is 103 Å². The van der Waals surface area contributed by atoms with Crippen molar-refractivity contribution in [2.24, 2.45) is 5.73 Å². The third kappa shape index (κ3) is 4.73. The SMILES string of the molecule is CC(C)(NC(=O)CCC1CCCCN1)C(N)=O. The minimum absolute atomic E-state index is 0.110. The first-order chi connectivity index (χ1) is 7.92. The van der Waals surface area contributed by atoms with Gasteiger partial charge in [0.2, 0.25) is 11.8 Å².